The Balaban J connectivity index is 3.00. The lowest BCUT2D eigenvalue weighted by Gasteiger charge is -2.26. The summed E-state index contributed by atoms with van der Waals surface area (Å²) in [6, 6.07) is 6.46. The van der Waals surface area contributed by atoms with Gasteiger partial charge in [0.2, 0.25) is 0 Å². The summed E-state index contributed by atoms with van der Waals surface area (Å²) in [7, 11) is 3.81. The van der Waals surface area contributed by atoms with Gasteiger partial charge in [-0.1, -0.05) is 25.7 Å². The lowest BCUT2D eigenvalue weighted by atomic mass is 10.0. The first-order valence-corrected chi connectivity index (χ1v) is 7.13. The molecule has 3 nitrogen and oxygen atoms in total. The Hall–Kier alpha value is -1.50. The summed E-state index contributed by atoms with van der Waals surface area (Å²) >= 11 is 0. The van der Waals surface area contributed by atoms with Gasteiger partial charge in [0.1, 0.15) is 12.4 Å². The first-order chi connectivity index (χ1) is 9.65. The van der Waals surface area contributed by atoms with E-state index in [0.29, 0.717) is 6.04 Å². The lowest BCUT2D eigenvalue weighted by molar-refractivity contribution is 0.221. The Morgan fingerprint density at radius 2 is 2.00 bits per heavy atom. The van der Waals surface area contributed by atoms with Crippen LogP contribution >= 0.6 is 0 Å². The van der Waals surface area contributed by atoms with E-state index in [-0.39, 0.29) is 6.61 Å². The third kappa shape index (κ3) is 4.56. The minimum atomic E-state index is -0.117. The maximum Gasteiger partial charge on any atom is 0.119 e. The highest BCUT2D eigenvalue weighted by atomic mass is 16.5. The normalized spacial score (nSPS) is 10.6. The van der Waals surface area contributed by atoms with Gasteiger partial charge in [-0.15, -0.1) is 0 Å². The Bertz CT molecular complexity index is 470. The third-order valence-electron chi connectivity index (χ3n) is 3.60. The molecule has 0 spiro atoms. The summed E-state index contributed by atoms with van der Waals surface area (Å²) in [5.74, 6) is 6.57. The van der Waals surface area contributed by atoms with Crippen molar-refractivity contribution in [2.24, 2.45) is 0 Å². The Morgan fingerprint density at radius 3 is 2.55 bits per heavy atom. The highest BCUT2D eigenvalue weighted by molar-refractivity contribution is 5.45. The average Bonchev–Trinajstić information content (AvgIpc) is 2.47. The van der Waals surface area contributed by atoms with E-state index in [1.165, 1.54) is 0 Å². The molecule has 1 aromatic rings. The fraction of sp³-hybridized carbons (Fsp3) is 0.529. The van der Waals surface area contributed by atoms with E-state index in [0.717, 1.165) is 36.3 Å². The van der Waals surface area contributed by atoms with E-state index >= 15 is 0 Å². The van der Waals surface area contributed by atoms with E-state index in [1.54, 1.807) is 7.11 Å². The summed E-state index contributed by atoms with van der Waals surface area (Å²) in [6.07, 6.45) is 2.27. The highest BCUT2D eigenvalue weighted by Gasteiger charge is 2.13. The molecule has 0 aromatic heterocycles. The van der Waals surface area contributed by atoms with Crippen LogP contribution in [0.3, 0.4) is 0 Å². The molecule has 0 amide bonds. The molecule has 0 aliphatic carbocycles. The van der Waals surface area contributed by atoms with Gasteiger partial charge in [-0.05, 0) is 43.7 Å². The van der Waals surface area contributed by atoms with Crippen LogP contribution in [0.4, 0.5) is 0 Å². The van der Waals surface area contributed by atoms with Gasteiger partial charge in [-0.3, -0.25) is 4.90 Å². The minimum Gasteiger partial charge on any atom is -0.497 e. The molecular weight excluding hydrogens is 250 g/mol. The number of benzene rings is 1. The summed E-state index contributed by atoms with van der Waals surface area (Å²) in [5, 5.41) is 8.86. The van der Waals surface area contributed by atoms with Crippen LogP contribution in [-0.2, 0) is 6.54 Å². The van der Waals surface area contributed by atoms with Crippen molar-refractivity contribution in [3.05, 3.63) is 29.3 Å². The molecule has 0 atom stereocenters. The zero-order valence-corrected chi connectivity index (χ0v) is 12.9. The number of methoxy groups -OCH3 is 1. The van der Waals surface area contributed by atoms with Crippen LogP contribution in [0.25, 0.3) is 0 Å². The molecule has 0 saturated carbocycles. The number of aliphatic hydroxyl groups excluding tert-OH is 1. The minimum absolute atomic E-state index is 0.117. The summed E-state index contributed by atoms with van der Waals surface area (Å²) in [6.45, 7) is 5.14. The van der Waals surface area contributed by atoms with Gasteiger partial charge in [-0.2, -0.15) is 0 Å². The largest absolute Gasteiger partial charge is 0.497 e. The van der Waals surface area contributed by atoms with Crippen LogP contribution in [0, 0.1) is 11.8 Å². The molecule has 0 radical (unpaired) electrons. The first kappa shape index (κ1) is 16.6. The summed E-state index contributed by atoms with van der Waals surface area (Å²) in [5.41, 5.74) is 2.09. The van der Waals surface area contributed by atoms with Crippen LogP contribution in [0.15, 0.2) is 18.2 Å². The zero-order valence-electron chi connectivity index (χ0n) is 12.9. The molecule has 0 aliphatic heterocycles. The fourth-order valence-corrected chi connectivity index (χ4v) is 2.39. The Morgan fingerprint density at radius 1 is 1.30 bits per heavy atom. The fourth-order valence-electron chi connectivity index (χ4n) is 2.39. The molecular formula is C17H25NO2. The van der Waals surface area contributed by atoms with E-state index in [1.807, 2.05) is 18.2 Å². The monoisotopic (exact) mass is 275 g/mol. The number of hydrogen-bond acceptors (Lipinski definition) is 3. The quantitative estimate of drug-likeness (QED) is 0.810. The number of rotatable bonds is 6. The Labute approximate surface area is 122 Å². The molecule has 0 saturated heterocycles. The van der Waals surface area contributed by atoms with Crippen molar-refractivity contribution >= 4 is 0 Å². The lowest BCUT2D eigenvalue weighted by Crippen LogP contribution is -2.30. The van der Waals surface area contributed by atoms with Crippen LogP contribution in [0.5, 0.6) is 5.75 Å². The Kier molecular flexibility index (Phi) is 7.14. The van der Waals surface area contributed by atoms with Crippen molar-refractivity contribution < 1.29 is 9.84 Å². The standard InChI is InChI=1S/C17H25NO2/c1-5-16(6-2)18(3)13-15-12-17(20-4)10-9-14(15)8-7-11-19/h9-10,12,16,19H,5-6,11,13H2,1-4H3. The van der Waals surface area contributed by atoms with Crippen molar-refractivity contribution in [1.82, 2.24) is 4.90 Å². The van der Waals surface area contributed by atoms with E-state index in [4.69, 9.17) is 9.84 Å². The molecule has 0 bridgehead atoms. The number of hydrogen-bond donors (Lipinski definition) is 1. The van der Waals surface area contributed by atoms with E-state index in [2.05, 4.69) is 37.6 Å². The van der Waals surface area contributed by atoms with Crippen LogP contribution in [0.1, 0.15) is 37.8 Å². The molecule has 0 heterocycles. The molecule has 1 rings (SSSR count). The maximum absolute atomic E-state index is 8.86. The predicted molar refractivity (Wildman–Crippen MR) is 82.8 cm³/mol. The third-order valence-corrected chi connectivity index (χ3v) is 3.60. The SMILES string of the molecule is CCC(CC)N(C)Cc1cc(OC)ccc1C#CCO. The van der Waals surface area contributed by atoms with Crippen LogP contribution in [0.2, 0.25) is 0 Å². The van der Waals surface area contributed by atoms with Crippen molar-refractivity contribution in [3.8, 4) is 17.6 Å². The summed E-state index contributed by atoms with van der Waals surface area (Å²) in [4.78, 5) is 2.35. The second-order valence-electron chi connectivity index (χ2n) is 4.87. The number of aliphatic hydroxyl groups is 1. The van der Waals surface area contributed by atoms with Crippen molar-refractivity contribution in [1.29, 1.82) is 0 Å². The highest BCUT2D eigenvalue weighted by Crippen LogP contribution is 2.20. The van der Waals surface area contributed by atoms with Crippen LogP contribution < -0.4 is 4.74 Å². The molecule has 0 aliphatic rings. The van der Waals surface area contributed by atoms with Crippen molar-refractivity contribution in [2.75, 3.05) is 20.8 Å². The number of ether oxygens (including phenoxy) is 1. The van der Waals surface area contributed by atoms with Crippen molar-refractivity contribution in [2.45, 2.75) is 39.3 Å². The second kappa shape index (κ2) is 8.63. The van der Waals surface area contributed by atoms with Gasteiger partial charge in [0.15, 0.2) is 0 Å². The number of nitrogens with zero attached hydrogens (tertiary/aromatic N) is 1. The van der Waals surface area contributed by atoms with Gasteiger partial charge in [0.05, 0.1) is 7.11 Å². The van der Waals surface area contributed by atoms with Crippen molar-refractivity contribution in [3.63, 3.8) is 0 Å². The molecule has 20 heavy (non-hydrogen) atoms. The molecule has 0 unspecified atom stereocenters. The predicted octanol–water partition coefficient (Wildman–Crippen LogP) is 2.66. The second-order valence-corrected chi connectivity index (χ2v) is 4.87. The molecule has 1 aromatic carbocycles. The summed E-state index contributed by atoms with van der Waals surface area (Å²) < 4.78 is 5.29. The van der Waals surface area contributed by atoms with Gasteiger partial charge in [-0.25, -0.2) is 0 Å². The van der Waals surface area contributed by atoms with Gasteiger partial charge in [0, 0.05) is 18.2 Å². The van der Waals surface area contributed by atoms with Gasteiger partial charge < -0.3 is 9.84 Å². The smallest absolute Gasteiger partial charge is 0.119 e. The van der Waals surface area contributed by atoms with Crippen LogP contribution in [-0.4, -0.2) is 36.8 Å². The zero-order chi connectivity index (χ0) is 15.0. The maximum atomic E-state index is 8.86. The van der Waals surface area contributed by atoms with E-state index in [9.17, 15) is 0 Å². The molecule has 110 valence electrons. The van der Waals surface area contributed by atoms with E-state index < -0.39 is 0 Å². The van der Waals surface area contributed by atoms with Gasteiger partial charge >= 0.3 is 0 Å². The molecule has 3 heteroatoms. The first-order valence-electron chi connectivity index (χ1n) is 7.13. The average molecular weight is 275 g/mol. The molecule has 1 N–H and O–H groups in total. The van der Waals surface area contributed by atoms with Gasteiger partial charge in [0.25, 0.3) is 0 Å². The topological polar surface area (TPSA) is 32.7 Å². The molecule has 0 fully saturated rings.